The first kappa shape index (κ1) is 12.9. The summed E-state index contributed by atoms with van der Waals surface area (Å²) in [6.07, 6.45) is 5.25. The maximum absolute atomic E-state index is 11.6. The predicted octanol–water partition coefficient (Wildman–Crippen LogP) is 1.13. The zero-order valence-corrected chi connectivity index (χ0v) is 10.1. The molecular weight excluding hydrogens is 250 g/mol. The first-order valence-electron chi connectivity index (χ1n) is 5.70. The highest BCUT2D eigenvalue weighted by atomic mass is 16.4. The van der Waals surface area contributed by atoms with Gasteiger partial charge in [-0.1, -0.05) is 0 Å². The van der Waals surface area contributed by atoms with Crippen molar-refractivity contribution in [3.05, 3.63) is 36.5 Å². The summed E-state index contributed by atoms with van der Waals surface area (Å²) in [4.78, 5) is 22.1. The Kier molecular flexibility index (Phi) is 3.97. The van der Waals surface area contributed by atoms with Gasteiger partial charge in [0, 0.05) is 19.0 Å². The molecule has 0 spiro atoms. The second kappa shape index (κ2) is 5.85. The average molecular weight is 263 g/mol. The Balaban J connectivity index is 1.81. The van der Waals surface area contributed by atoms with E-state index in [9.17, 15) is 9.59 Å². The van der Waals surface area contributed by atoms with Crippen LogP contribution in [0.5, 0.6) is 0 Å². The van der Waals surface area contributed by atoms with E-state index in [2.05, 4.69) is 10.4 Å². The summed E-state index contributed by atoms with van der Waals surface area (Å²) in [6, 6.07) is 3.57. The molecule has 0 aliphatic heterocycles. The fourth-order valence-corrected chi connectivity index (χ4v) is 1.57. The lowest BCUT2D eigenvalue weighted by molar-refractivity contribution is -0.137. The third kappa shape index (κ3) is 3.98. The van der Waals surface area contributed by atoms with Gasteiger partial charge in [-0.3, -0.25) is 14.3 Å². The quantitative estimate of drug-likeness (QED) is 0.814. The zero-order chi connectivity index (χ0) is 13.7. The van der Waals surface area contributed by atoms with Gasteiger partial charge in [-0.2, -0.15) is 5.10 Å². The molecule has 0 unspecified atom stereocenters. The normalized spacial score (nSPS) is 10.3. The minimum absolute atomic E-state index is 0.175. The molecule has 0 atom stereocenters. The highest BCUT2D eigenvalue weighted by molar-refractivity contribution is 5.90. The molecule has 19 heavy (non-hydrogen) atoms. The van der Waals surface area contributed by atoms with Crippen LogP contribution in [0.25, 0.3) is 0 Å². The Morgan fingerprint density at radius 2 is 2.32 bits per heavy atom. The van der Waals surface area contributed by atoms with E-state index in [0.717, 1.165) is 5.76 Å². The molecule has 7 heteroatoms. The number of aliphatic carboxylic acids is 1. The number of carbonyl (C=O) groups excluding carboxylic acids is 1. The van der Waals surface area contributed by atoms with Crippen molar-refractivity contribution in [2.45, 2.75) is 19.4 Å². The Bertz CT molecular complexity index is 559. The number of carboxylic acids is 1. The lowest BCUT2D eigenvalue weighted by Gasteiger charge is -2.00. The first-order chi connectivity index (χ1) is 9.13. The summed E-state index contributed by atoms with van der Waals surface area (Å²) in [5.74, 6) is -0.415. The maximum Gasteiger partial charge on any atom is 0.325 e. The molecule has 7 nitrogen and oxygen atoms in total. The van der Waals surface area contributed by atoms with Gasteiger partial charge in [0.2, 0.25) is 5.91 Å². The molecule has 100 valence electrons. The molecule has 2 rings (SSSR count). The molecule has 2 aromatic rings. The molecule has 0 aliphatic rings. The Morgan fingerprint density at radius 1 is 1.47 bits per heavy atom. The van der Waals surface area contributed by atoms with Gasteiger partial charge in [-0.05, 0) is 12.1 Å². The molecule has 2 heterocycles. The number of nitrogens with one attached hydrogen (secondary N) is 1. The minimum Gasteiger partial charge on any atom is -0.480 e. The largest absolute Gasteiger partial charge is 0.480 e. The molecule has 0 aliphatic carbocycles. The molecule has 0 bridgehead atoms. The molecule has 0 radical (unpaired) electrons. The number of rotatable bonds is 6. The number of nitrogens with zero attached hydrogens (tertiary/aromatic N) is 2. The van der Waals surface area contributed by atoms with Gasteiger partial charge in [0.05, 0.1) is 18.1 Å². The zero-order valence-electron chi connectivity index (χ0n) is 10.1. The van der Waals surface area contributed by atoms with Crippen LogP contribution in [0.4, 0.5) is 5.69 Å². The minimum atomic E-state index is -0.987. The van der Waals surface area contributed by atoms with Crippen LogP contribution in [0.1, 0.15) is 12.2 Å². The Morgan fingerprint density at radius 3 is 3.00 bits per heavy atom. The fourth-order valence-electron chi connectivity index (χ4n) is 1.57. The number of amides is 1. The molecule has 2 N–H and O–H groups in total. The van der Waals surface area contributed by atoms with E-state index in [4.69, 9.17) is 9.52 Å². The second-order valence-corrected chi connectivity index (χ2v) is 3.95. The molecule has 0 saturated heterocycles. The highest BCUT2D eigenvalue weighted by Gasteiger charge is 2.07. The van der Waals surface area contributed by atoms with Crippen LogP contribution in [0.2, 0.25) is 0 Å². The molecular formula is C12H13N3O4. The number of hydrogen-bond donors (Lipinski definition) is 2. The smallest absolute Gasteiger partial charge is 0.325 e. The monoisotopic (exact) mass is 263 g/mol. The van der Waals surface area contributed by atoms with E-state index in [-0.39, 0.29) is 18.9 Å². The number of anilines is 1. The second-order valence-electron chi connectivity index (χ2n) is 3.95. The first-order valence-corrected chi connectivity index (χ1v) is 5.70. The summed E-state index contributed by atoms with van der Waals surface area (Å²) in [5.41, 5.74) is 0.477. The molecule has 0 saturated carbocycles. The van der Waals surface area contributed by atoms with Crippen molar-refractivity contribution in [2.75, 3.05) is 5.32 Å². The van der Waals surface area contributed by atoms with Gasteiger partial charge in [0.25, 0.3) is 0 Å². The number of aromatic nitrogens is 2. The van der Waals surface area contributed by atoms with Crippen molar-refractivity contribution >= 4 is 17.6 Å². The van der Waals surface area contributed by atoms with Crippen molar-refractivity contribution in [3.63, 3.8) is 0 Å². The molecule has 0 fully saturated rings. The number of carboxylic acid groups (broad SMARTS) is 1. The van der Waals surface area contributed by atoms with Crippen molar-refractivity contribution in [1.82, 2.24) is 9.78 Å². The topological polar surface area (TPSA) is 97.4 Å². The number of carbonyl (C=O) groups is 2. The summed E-state index contributed by atoms with van der Waals surface area (Å²) in [7, 11) is 0. The molecule has 2 aromatic heterocycles. The SMILES string of the molecule is O=C(O)Cn1cc(NC(=O)CCc2ccco2)cn1. The predicted molar refractivity (Wildman–Crippen MR) is 65.5 cm³/mol. The highest BCUT2D eigenvalue weighted by Crippen LogP contribution is 2.08. The van der Waals surface area contributed by atoms with Crippen molar-refractivity contribution < 1.29 is 19.1 Å². The third-order valence-electron chi connectivity index (χ3n) is 2.39. The lowest BCUT2D eigenvalue weighted by atomic mass is 10.2. The van der Waals surface area contributed by atoms with Crippen molar-refractivity contribution in [2.24, 2.45) is 0 Å². The molecule has 1 amide bonds. The number of hydrogen-bond acceptors (Lipinski definition) is 4. The lowest BCUT2D eigenvalue weighted by Crippen LogP contribution is -2.12. The maximum atomic E-state index is 11.6. The average Bonchev–Trinajstić information content (AvgIpc) is 2.97. The van der Waals surface area contributed by atoms with Crippen LogP contribution in [0, 0.1) is 0 Å². The van der Waals surface area contributed by atoms with Gasteiger partial charge < -0.3 is 14.8 Å². The van der Waals surface area contributed by atoms with Crippen molar-refractivity contribution in [3.8, 4) is 0 Å². The Labute approximate surface area is 108 Å². The van der Waals surface area contributed by atoms with Crippen molar-refractivity contribution in [1.29, 1.82) is 0 Å². The van der Waals surface area contributed by atoms with Crippen LogP contribution in [0.3, 0.4) is 0 Å². The van der Waals surface area contributed by atoms with E-state index in [0.29, 0.717) is 12.1 Å². The third-order valence-corrected chi connectivity index (χ3v) is 2.39. The number of furan rings is 1. The van der Waals surface area contributed by atoms with Crippen LogP contribution in [-0.4, -0.2) is 26.8 Å². The summed E-state index contributed by atoms with van der Waals surface area (Å²) >= 11 is 0. The van der Waals surface area contributed by atoms with Gasteiger partial charge in [0.15, 0.2) is 0 Å². The van der Waals surface area contributed by atoms with Crippen LogP contribution in [0.15, 0.2) is 35.2 Å². The fraction of sp³-hybridized carbons (Fsp3) is 0.250. The Hall–Kier alpha value is -2.57. The van der Waals surface area contributed by atoms with Gasteiger partial charge in [0.1, 0.15) is 12.3 Å². The van der Waals surface area contributed by atoms with E-state index >= 15 is 0 Å². The molecule has 0 aromatic carbocycles. The van der Waals surface area contributed by atoms with E-state index in [1.807, 2.05) is 0 Å². The van der Waals surface area contributed by atoms with E-state index in [1.165, 1.54) is 17.1 Å². The summed E-state index contributed by atoms with van der Waals surface area (Å²) in [5, 5.41) is 15.1. The van der Waals surface area contributed by atoms with E-state index in [1.54, 1.807) is 18.4 Å². The van der Waals surface area contributed by atoms with Crippen LogP contribution in [-0.2, 0) is 22.6 Å². The van der Waals surface area contributed by atoms with Gasteiger partial charge in [-0.15, -0.1) is 0 Å². The standard InChI is InChI=1S/C12H13N3O4/c16-11(4-3-10-2-1-5-19-10)14-9-6-13-15(7-9)8-12(17)18/h1-2,5-7H,3-4,8H2,(H,14,16)(H,17,18). The van der Waals surface area contributed by atoms with Crippen LogP contribution < -0.4 is 5.32 Å². The summed E-state index contributed by atoms with van der Waals surface area (Å²) < 4.78 is 6.36. The van der Waals surface area contributed by atoms with Gasteiger partial charge in [-0.25, -0.2) is 0 Å². The summed E-state index contributed by atoms with van der Waals surface area (Å²) in [6.45, 7) is -0.234. The van der Waals surface area contributed by atoms with E-state index < -0.39 is 5.97 Å². The van der Waals surface area contributed by atoms with Crippen LogP contribution >= 0.6 is 0 Å². The van der Waals surface area contributed by atoms with Gasteiger partial charge >= 0.3 is 5.97 Å². The number of aryl methyl sites for hydroxylation is 1.